The van der Waals surface area contributed by atoms with Crippen molar-refractivity contribution in [2.75, 3.05) is 19.0 Å². The summed E-state index contributed by atoms with van der Waals surface area (Å²) in [5.74, 6) is 3.14. The normalized spacial score (nSPS) is 27.9. The van der Waals surface area contributed by atoms with E-state index >= 15 is 0 Å². The van der Waals surface area contributed by atoms with Gasteiger partial charge in [0.2, 0.25) is 5.95 Å². The van der Waals surface area contributed by atoms with Gasteiger partial charge in [-0.15, -0.1) is 5.10 Å². The fourth-order valence-corrected chi connectivity index (χ4v) is 5.60. The van der Waals surface area contributed by atoms with Crippen LogP contribution in [0.1, 0.15) is 95.2 Å². The van der Waals surface area contributed by atoms with Crippen LogP contribution in [0.2, 0.25) is 0 Å². The summed E-state index contributed by atoms with van der Waals surface area (Å²) in [7, 11) is 1.71. The summed E-state index contributed by atoms with van der Waals surface area (Å²) >= 11 is 0. The smallest absolute Gasteiger partial charge is 0.241 e. The van der Waals surface area contributed by atoms with E-state index in [1.165, 1.54) is 36.9 Å². The molecule has 0 radical (unpaired) electrons. The minimum Gasteiger partial charge on any atom is -0.383 e. The largest absolute Gasteiger partial charge is 0.383 e. The zero-order valence-electron chi connectivity index (χ0n) is 19.6. The minimum absolute atomic E-state index is 0.151. The van der Waals surface area contributed by atoms with Gasteiger partial charge in [0.1, 0.15) is 5.78 Å². The van der Waals surface area contributed by atoms with Crippen molar-refractivity contribution in [3.63, 3.8) is 0 Å². The predicted octanol–water partition coefficient (Wildman–Crippen LogP) is 5.33. The van der Waals surface area contributed by atoms with E-state index in [0.29, 0.717) is 30.2 Å². The summed E-state index contributed by atoms with van der Waals surface area (Å²) in [5, 5.41) is 8.31. The van der Waals surface area contributed by atoms with Crippen molar-refractivity contribution in [2.45, 2.75) is 90.0 Å². The number of hydrogen-bond donors (Lipinski definition) is 1. The van der Waals surface area contributed by atoms with Crippen LogP contribution < -0.4 is 5.32 Å². The molecule has 1 atom stereocenters. The highest BCUT2D eigenvalue weighted by Gasteiger charge is 2.30. The maximum Gasteiger partial charge on any atom is 0.241 e. The number of aromatic nitrogens is 3. The molecule has 2 aliphatic rings. The number of ether oxygens (including phenoxy) is 1. The average Bonchev–Trinajstić information content (AvgIpc) is 3.13. The van der Waals surface area contributed by atoms with Gasteiger partial charge in [0.15, 0.2) is 0 Å². The highest BCUT2D eigenvalue weighted by Crippen LogP contribution is 2.42. The lowest BCUT2D eigenvalue weighted by atomic mass is 9.77. The SMILES string of the molecule is COC[C@H](C)Nc1ncc2c(C3CCC(C(C)=O)CC3)cc(C3CCC(C)CC3)n2n1. The maximum atomic E-state index is 11.8. The summed E-state index contributed by atoms with van der Waals surface area (Å²) in [6, 6.07) is 2.57. The number of Topliss-reactive ketones (excluding diaryl/α,β-unsaturated/α-hetero) is 1. The molecule has 6 nitrogen and oxygen atoms in total. The summed E-state index contributed by atoms with van der Waals surface area (Å²) in [4.78, 5) is 16.5. The highest BCUT2D eigenvalue weighted by molar-refractivity contribution is 5.78. The molecular formula is C25H38N4O2. The Hall–Kier alpha value is -1.95. The Morgan fingerprint density at radius 1 is 1.16 bits per heavy atom. The number of rotatable bonds is 7. The lowest BCUT2D eigenvalue weighted by molar-refractivity contribution is -0.121. The van der Waals surface area contributed by atoms with Crippen molar-refractivity contribution in [3.05, 3.63) is 23.5 Å². The van der Waals surface area contributed by atoms with Crippen LogP contribution in [-0.4, -0.2) is 40.1 Å². The number of carbonyl (C=O) groups excluding carboxylic acids is 1. The molecule has 2 fully saturated rings. The summed E-state index contributed by atoms with van der Waals surface area (Å²) < 4.78 is 7.42. The average molecular weight is 427 g/mol. The van der Waals surface area contributed by atoms with Crippen LogP contribution in [0.3, 0.4) is 0 Å². The lowest BCUT2D eigenvalue weighted by Gasteiger charge is -2.27. The molecule has 0 aromatic carbocycles. The molecule has 0 spiro atoms. The van der Waals surface area contributed by atoms with Crippen molar-refractivity contribution in [3.8, 4) is 0 Å². The molecule has 0 aliphatic heterocycles. The van der Waals surface area contributed by atoms with E-state index in [0.717, 1.165) is 37.1 Å². The molecule has 170 valence electrons. The summed E-state index contributed by atoms with van der Waals surface area (Å²) in [6.07, 6.45) is 11.2. The van der Waals surface area contributed by atoms with Crippen LogP contribution in [0.4, 0.5) is 5.95 Å². The van der Waals surface area contributed by atoms with E-state index in [1.54, 1.807) is 14.0 Å². The minimum atomic E-state index is 0.151. The van der Waals surface area contributed by atoms with Crippen molar-refractivity contribution >= 4 is 17.2 Å². The Balaban J connectivity index is 1.65. The van der Waals surface area contributed by atoms with E-state index in [1.807, 2.05) is 6.20 Å². The van der Waals surface area contributed by atoms with Crippen molar-refractivity contribution in [1.82, 2.24) is 14.6 Å². The Morgan fingerprint density at radius 2 is 1.84 bits per heavy atom. The Morgan fingerprint density at radius 3 is 2.48 bits per heavy atom. The third kappa shape index (κ3) is 4.94. The number of anilines is 1. The van der Waals surface area contributed by atoms with E-state index in [9.17, 15) is 4.79 Å². The van der Waals surface area contributed by atoms with Crippen LogP contribution in [-0.2, 0) is 9.53 Å². The van der Waals surface area contributed by atoms with Crippen LogP contribution >= 0.6 is 0 Å². The van der Waals surface area contributed by atoms with Gasteiger partial charge in [0.25, 0.3) is 0 Å². The van der Waals surface area contributed by atoms with Gasteiger partial charge in [-0.25, -0.2) is 9.50 Å². The molecular weight excluding hydrogens is 388 g/mol. The van der Waals surface area contributed by atoms with Gasteiger partial charge in [-0.05, 0) is 75.8 Å². The second kappa shape index (κ2) is 9.68. The molecule has 2 aliphatic carbocycles. The zero-order valence-corrected chi connectivity index (χ0v) is 19.6. The van der Waals surface area contributed by atoms with Gasteiger partial charge >= 0.3 is 0 Å². The summed E-state index contributed by atoms with van der Waals surface area (Å²) in [6.45, 7) is 6.81. The predicted molar refractivity (Wildman–Crippen MR) is 124 cm³/mol. The molecule has 0 bridgehead atoms. The molecule has 6 heteroatoms. The van der Waals surface area contributed by atoms with Gasteiger partial charge in [-0.3, -0.25) is 4.79 Å². The quantitative estimate of drug-likeness (QED) is 0.648. The van der Waals surface area contributed by atoms with Gasteiger partial charge < -0.3 is 10.1 Å². The van der Waals surface area contributed by atoms with E-state index < -0.39 is 0 Å². The number of carbonyl (C=O) groups is 1. The Bertz CT molecular complexity index is 892. The fourth-order valence-electron chi connectivity index (χ4n) is 5.60. The number of ketones is 1. The third-order valence-electron chi connectivity index (χ3n) is 7.54. The first kappa shape index (κ1) is 22.3. The van der Waals surface area contributed by atoms with Crippen LogP contribution in [0.15, 0.2) is 12.3 Å². The van der Waals surface area contributed by atoms with E-state index in [4.69, 9.17) is 9.84 Å². The molecule has 31 heavy (non-hydrogen) atoms. The van der Waals surface area contributed by atoms with Crippen molar-refractivity contribution in [2.24, 2.45) is 11.8 Å². The number of hydrogen-bond acceptors (Lipinski definition) is 5. The molecule has 1 N–H and O–H groups in total. The Labute approximate surface area is 186 Å². The van der Waals surface area contributed by atoms with Crippen molar-refractivity contribution < 1.29 is 9.53 Å². The van der Waals surface area contributed by atoms with Gasteiger partial charge in [-0.2, -0.15) is 0 Å². The Kier molecular flexibility index (Phi) is 6.95. The zero-order chi connectivity index (χ0) is 22.0. The number of methoxy groups -OCH3 is 1. The second-order valence-electron chi connectivity index (χ2n) is 10.0. The molecule has 2 aromatic heterocycles. The fraction of sp³-hybridized carbons (Fsp3) is 0.720. The molecule has 0 saturated heterocycles. The summed E-state index contributed by atoms with van der Waals surface area (Å²) in [5.41, 5.74) is 3.87. The van der Waals surface area contributed by atoms with Gasteiger partial charge in [0.05, 0.1) is 18.3 Å². The van der Waals surface area contributed by atoms with Crippen LogP contribution in [0.5, 0.6) is 0 Å². The highest BCUT2D eigenvalue weighted by atomic mass is 16.5. The number of nitrogens with one attached hydrogen (secondary N) is 1. The maximum absolute atomic E-state index is 11.8. The second-order valence-corrected chi connectivity index (χ2v) is 10.0. The first-order chi connectivity index (χ1) is 15.0. The molecule has 0 unspecified atom stereocenters. The van der Waals surface area contributed by atoms with Gasteiger partial charge in [-0.1, -0.05) is 19.8 Å². The lowest BCUT2D eigenvalue weighted by Crippen LogP contribution is -2.23. The van der Waals surface area contributed by atoms with Crippen LogP contribution in [0, 0.1) is 11.8 Å². The van der Waals surface area contributed by atoms with Crippen LogP contribution in [0.25, 0.3) is 5.52 Å². The standard InChI is InChI=1S/C25H38N4O2/c1-16-5-7-21(8-6-16)23-13-22(20-11-9-19(10-12-20)18(3)30)24-14-26-25(28-29(23)24)27-17(2)15-31-4/h13-14,16-17,19-21H,5-12,15H2,1-4H3,(H,27,28)/t16?,17-,19?,20?,21?/m0/s1. The van der Waals surface area contributed by atoms with E-state index in [-0.39, 0.29) is 12.0 Å². The molecule has 2 aromatic rings. The molecule has 0 amide bonds. The monoisotopic (exact) mass is 426 g/mol. The first-order valence-corrected chi connectivity index (χ1v) is 12.1. The van der Waals surface area contributed by atoms with Crippen molar-refractivity contribution in [1.29, 1.82) is 0 Å². The topological polar surface area (TPSA) is 68.5 Å². The van der Waals surface area contributed by atoms with E-state index in [2.05, 4.69) is 34.7 Å². The number of nitrogens with zero attached hydrogens (tertiary/aromatic N) is 3. The molecule has 2 heterocycles. The number of fused-ring (bicyclic) bond motifs is 1. The molecule has 2 saturated carbocycles. The first-order valence-electron chi connectivity index (χ1n) is 12.1. The third-order valence-corrected chi connectivity index (χ3v) is 7.54. The molecule has 4 rings (SSSR count). The van der Waals surface area contributed by atoms with Gasteiger partial charge in [0, 0.05) is 30.7 Å².